The smallest absolute Gasteiger partial charge is 0.273 e. The van der Waals surface area contributed by atoms with Crippen molar-refractivity contribution in [3.63, 3.8) is 0 Å². The van der Waals surface area contributed by atoms with Gasteiger partial charge in [0, 0.05) is 29.4 Å². The van der Waals surface area contributed by atoms with Gasteiger partial charge in [-0.1, -0.05) is 36.4 Å². The molecule has 10 heteroatoms. The number of hydrogen-bond donors (Lipinski definition) is 1. The van der Waals surface area contributed by atoms with Crippen molar-refractivity contribution in [3.8, 4) is 0 Å². The number of nitrogens with zero attached hydrogens (tertiary/aromatic N) is 2. The summed E-state index contributed by atoms with van der Waals surface area (Å²) < 4.78 is 33.9. The molecule has 0 saturated carbocycles. The fourth-order valence-electron chi connectivity index (χ4n) is 4.00. The summed E-state index contributed by atoms with van der Waals surface area (Å²) in [5.41, 5.74) is 1.74. The topological polar surface area (TPSA) is 119 Å². The van der Waals surface area contributed by atoms with Crippen molar-refractivity contribution < 1.29 is 22.9 Å². The second kappa shape index (κ2) is 9.85. The highest BCUT2D eigenvalue weighted by molar-refractivity contribution is 7.92. The number of carbonyl (C=O) groups is 1. The van der Waals surface area contributed by atoms with Crippen molar-refractivity contribution in [2.24, 2.45) is 0 Å². The van der Waals surface area contributed by atoms with E-state index in [0.29, 0.717) is 24.2 Å². The fourth-order valence-corrected chi connectivity index (χ4v) is 5.08. The van der Waals surface area contributed by atoms with Crippen LogP contribution in [0.15, 0.2) is 77.7 Å². The van der Waals surface area contributed by atoms with Gasteiger partial charge in [-0.05, 0) is 49.7 Å². The van der Waals surface area contributed by atoms with Gasteiger partial charge in [-0.15, -0.1) is 0 Å². The number of benzene rings is 3. The highest BCUT2D eigenvalue weighted by Crippen LogP contribution is 2.27. The highest BCUT2D eigenvalue weighted by Gasteiger charge is 2.30. The summed E-state index contributed by atoms with van der Waals surface area (Å²) in [7, 11) is -4.05. The molecule has 0 radical (unpaired) electrons. The molecule has 1 amide bonds. The largest absolute Gasteiger partial charge is 0.367 e. The Hall–Kier alpha value is -3.76. The molecule has 1 heterocycles. The van der Waals surface area contributed by atoms with E-state index in [9.17, 15) is 23.3 Å². The lowest BCUT2D eigenvalue weighted by molar-refractivity contribution is -0.385. The van der Waals surface area contributed by atoms with E-state index in [4.69, 9.17) is 4.74 Å². The van der Waals surface area contributed by atoms with Gasteiger partial charge in [-0.3, -0.25) is 19.6 Å². The molecular weight excluding hydrogens is 470 g/mol. The third-order valence-corrected chi connectivity index (χ3v) is 7.17. The predicted molar refractivity (Wildman–Crippen MR) is 131 cm³/mol. The maximum Gasteiger partial charge on any atom is 0.273 e. The standard InChI is InChI=1S/C25H25N3O6S/c1-17-8-13-22(14-23(17)28(30)31)35(32,33)26-21-11-9-20(10-12-21)25(29)27-15-18(2)34-24(16-27)19-6-4-3-5-7-19/h3-14,18,24,26H,15-16H2,1-2H3. The van der Waals surface area contributed by atoms with Gasteiger partial charge in [0.15, 0.2) is 0 Å². The van der Waals surface area contributed by atoms with Crippen LogP contribution in [0, 0.1) is 17.0 Å². The van der Waals surface area contributed by atoms with E-state index >= 15 is 0 Å². The summed E-state index contributed by atoms with van der Waals surface area (Å²) in [5.74, 6) is -0.176. The molecule has 9 nitrogen and oxygen atoms in total. The average Bonchev–Trinajstić information content (AvgIpc) is 2.84. The van der Waals surface area contributed by atoms with Gasteiger partial charge in [0.1, 0.15) is 6.10 Å². The Bertz CT molecular complexity index is 1340. The Morgan fingerprint density at radius 3 is 2.40 bits per heavy atom. The first-order chi connectivity index (χ1) is 16.6. The van der Waals surface area contributed by atoms with Crippen LogP contribution in [0.25, 0.3) is 0 Å². The van der Waals surface area contributed by atoms with Gasteiger partial charge in [0.25, 0.3) is 21.6 Å². The van der Waals surface area contributed by atoms with Crippen molar-refractivity contribution in [2.45, 2.75) is 31.0 Å². The van der Waals surface area contributed by atoms with Crippen LogP contribution >= 0.6 is 0 Å². The summed E-state index contributed by atoms with van der Waals surface area (Å²) in [6, 6.07) is 19.5. The van der Waals surface area contributed by atoms with Crippen molar-refractivity contribution >= 4 is 27.3 Å². The number of hydrogen-bond acceptors (Lipinski definition) is 6. The number of rotatable bonds is 6. The van der Waals surface area contributed by atoms with E-state index in [-0.39, 0.29) is 34.4 Å². The molecule has 0 aromatic heterocycles. The highest BCUT2D eigenvalue weighted by atomic mass is 32.2. The molecule has 182 valence electrons. The van der Waals surface area contributed by atoms with Gasteiger partial charge >= 0.3 is 0 Å². The van der Waals surface area contributed by atoms with E-state index in [1.54, 1.807) is 17.0 Å². The molecule has 1 N–H and O–H groups in total. The Morgan fingerprint density at radius 2 is 1.74 bits per heavy atom. The van der Waals surface area contributed by atoms with Crippen LogP contribution in [0.5, 0.6) is 0 Å². The Balaban J connectivity index is 1.48. The molecule has 1 aliphatic rings. The molecule has 4 rings (SSSR count). The van der Waals surface area contributed by atoms with Gasteiger partial charge in [-0.25, -0.2) is 8.42 Å². The maximum absolute atomic E-state index is 13.1. The summed E-state index contributed by atoms with van der Waals surface area (Å²) in [6.07, 6.45) is -0.365. The van der Waals surface area contributed by atoms with E-state index in [1.165, 1.54) is 31.2 Å². The van der Waals surface area contributed by atoms with E-state index in [0.717, 1.165) is 11.6 Å². The van der Waals surface area contributed by atoms with Crippen molar-refractivity contribution in [1.82, 2.24) is 4.90 Å². The fraction of sp³-hybridized carbons (Fsp3) is 0.240. The zero-order valence-electron chi connectivity index (χ0n) is 19.2. The maximum atomic E-state index is 13.1. The minimum atomic E-state index is -4.05. The Labute approximate surface area is 203 Å². The molecule has 2 unspecified atom stereocenters. The van der Waals surface area contributed by atoms with Gasteiger partial charge in [0.2, 0.25) is 0 Å². The number of anilines is 1. The SMILES string of the molecule is Cc1ccc(S(=O)(=O)Nc2ccc(C(=O)N3CC(C)OC(c4ccccc4)C3)cc2)cc1[N+](=O)[O-]. The minimum Gasteiger partial charge on any atom is -0.367 e. The molecule has 1 aliphatic heterocycles. The molecule has 2 atom stereocenters. The number of nitro groups is 1. The molecule has 0 aliphatic carbocycles. The van der Waals surface area contributed by atoms with Crippen molar-refractivity contribution in [2.75, 3.05) is 17.8 Å². The molecule has 0 bridgehead atoms. The Kier molecular flexibility index (Phi) is 6.86. The van der Waals surface area contributed by atoms with Crippen molar-refractivity contribution in [3.05, 3.63) is 99.6 Å². The minimum absolute atomic E-state index is 0.137. The van der Waals surface area contributed by atoms with Crippen molar-refractivity contribution in [1.29, 1.82) is 0 Å². The van der Waals surface area contributed by atoms with Crippen LogP contribution in [0.2, 0.25) is 0 Å². The number of morpholine rings is 1. The monoisotopic (exact) mass is 495 g/mol. The summed E-state index contributed by atoms with van der Waals surface area (Å²) in [6.45, 7) is 4.31. The van der Waals surface area contributed by atoms with Gasteiger partial charge < -0.3 is 9.64 Å². The lowest BCUT2D eigenvalue weighted by Gasteiger charge is -2.37. The first-order valence-electron chi connectivity index (χ1n) is 11.0. The lowest BCUT2D eigenvalue weighted by atomic mass is 10.1. The lowest BCUT2D eigenvalue weighted by Crippen LogP contribution is -2.45. The van der Waals surface area contributed by atoms with Crippen LogP contribution in [0.3, 0.4) is 0 Å². The molecule has 3 aromatic carbocycles. The molecule has 1 fully saturated rings. The first-order valence-corrected chi connectivity index (χ1v) is 12.5. The van der Waals surface area contributed by atoms with Gasteiger partial charge in [-0.2, -0.15) is 0 Å². The first kappa shape index (κ1) is 24.4. The molecule has 1 saturated heterocycles. The zero-order chi connectivity index (χ0) is 25.2. The van der Waals surface area contributed by atoms with Crippen LogP contribution in [-0.4, -0.2) is 43.3 Å². The van der Waals surface area contributed by atoms with Crippen LogP contribution in [0.4, 0.5) is 11.4 Å². The molecular formula is C25H25N3O6S. The average molecular weight is 496 g/mol. The number of nitro benzene ring substituents is 1. The number of ether oxygens (including phenoxy) is 1. The van der Waals surface area contributed by atoms with Crippen LogP contribution in [0.1, 0.15) is 34.5 Å². The van der Waals surface area contributed by atoms with E-state index < -0.39 is 14.9 Å². The van der Waals surface area contributed by atoms with Gasteiger partial charge in [0.05, 0.1) is 22.5 Å². The Morgan fingerprint density at radius 1 is 1.06 bits per heavy atom. The number of aryl methyl sites for hydroxylation is 1. The summed E-state index contributed by atoms with van der Waals surface area (Å²) >= 11 is 0. The summed E-state index contributed by atoms with van der Waals surface area (Å²) in [5, 5.41) is 11.2. The molecule has 3 aromatic rings. The van der Waals surface area contributed by atoms with E-state index in [2.05, 4.69) is 4.72 Å². The normalized spacial score (nSPS) is 18.2. The second-order valence-electron chi connectivity index (χ2n) is 8.44. The third kappa shape index (κ3) is 5.50. The van der Waals surface area contributed by atoms with E-state index in [1.807, 2.05) is 37.3 Å². The molecule has 35 heavy (non-hydrogen) atoms. The van der Waals surface area contributed by atoms with Crippen LogP contribution in [-0.2, 0) is 14.8 Å². The number of sulfonamides is 1. The molecule has 0 spiro atoms. The number of nitrogens with one attached hydrogen (secondary N) is 1. The second-order valence-corrected chi connectivity index (χ2v) is 10.1. The summed E-state index contributed by atoms with van der Waals surface area (Å²) in [4.78, 5) is 25.2. The predicted octanol–water partition coefficient (Wildman–Crippen LogP) is 4.31. The van der Waals surface area contributed by atoms with Crippen LogP contribution < -0.4 is 4.72 Å². The number of amides is 1. The quantitative estimate of drug-likeness (QED) is 0.402. The third-order valence-electron chi connectivity index (χ3n) is 5.79. The zero-order valence-corrected chi connectivity index (χ0v) is 20.1. The number of carbonyl (C=O) groups excluding carboxylic acids is 1.